The van der Waals surface area contributed by atoms with Crippen LogP contribution in [0.5, 0.6) is 0 Å². The van der Waals surface area contributed by atoms with E-state index >= 15 is 0 Å². The Morgan fingerprint density at radius 3 is 3.00 bits per heavy atom. The lowest BCUT2D eigenvalue weighted by Gasteiger charge is -2.25. The minimum absolute atomic E-state index is 0.543. The van der Waals surface area contributed by atoms with Gasteiger partial charge in [0.1, 0.15) is 0 Å². The van der Waals surface area contributed by atoms with Crippen molar-refractivity contribution in [1.29, 1.82) is 0 Å². The van der Waals surface area contributed by atoms with E-state index in [0.717, 1.165) is 19.1 Å². The molecular weight excluding hydrogens is 188 g/mol. The molecule has 3 heteroatoms. The average molecular weight is 214 g/mol. The monoisotopic (exact) mass is 214 g/mol. The van der Waals surface area contributed by atoms with Crippen LogP contribution in [0.1, 0.15) is 32.6 Å². The summed E-state index contributed by atoms with van der Waals surface area (Å²) in [6, 6.07) is 0.543. The second kappa shape index (κ2) is 8.08. The van der Waals surface area contributed by atoms with Gasteiger partial charge in [-0.3, -0.25) is 0 Å². The average Bonchev–Trinajstić information content (AvgIpc) is 2.28. The van der Waals surface area contributed by atoms with Crippen LogP contribution in [0.2, 0.25) is 0 Å². The first-order valence-corrected chi connectivity index (χ1v) is 6.29. The fourth-order valence-corrected chi connectivity index (χ4v) is 2.23. The van der Waals surface area contributed by atoms with Crippen molar-refractivity contribution in [2.45, 2.75) is 38.6 Å². The second-order valence-corrected chi connectivity index (χ2v) is 4.56. The summed E-state index contributed by atoms with van der Waals surface area (Å²) in [6.07, 6.45) is 5.14. The summed E-state index contributed by atoms with van der Waals surface area (Å²) in [5, 5.41) is 7.08. The molecule has 1 aliphatic heterocycles. The highest BCUT2D eigenvalue weighted by Crippen LogP contribution is 2.09. The van der Waals surface area contributed by atoms with Crippen LogP contribution in [0.3, 0.4) is 0 Å². The molecule has 0 saturated carbocycles. The van der Waals surface area contributed by atoms with Crippen molar-refractivity contribution in [2.24, 2.45) is 5.92 Å². The van der Waals surface area contributed by atoms with Crippen molar-refractivity contribution < 1.29 is 4.74 Å². The van der Waals surface area contributed by atoms with Crippen LogP contribution in [-0.2, 0) is 4.74 Å². The summed E-state index contributed by atoms with van der Waals surface area (Å²) in [5.41, 5.74) is 0. The molecule has 3 nitrogen and oxygen atoms in total. The zero-order valence-corrected chi connectivity index (χ0v) is 10.2. The fraction of sp³-hybridized carbons (Fsp3) is 1.00. The first kappa shape index (κ1) is 12.9. The van der Waals surface area contributed by atoms with Gasteiger partial charge >= 0.3 is 0 Å². The van der Waals surface area contributed by atoms with Crippen LogP contribution >= 0.6 is 0 Å². The molecule has 90 valence electrons. The SMILES string of the molecule is CCCC(COC)NCC1CCCNC1. The van der Waals surface area contributed by atoms with E-state index in [4.69, 9.17) is 4.74 Å². The quantitative estimate of drug-likeness (QED) is 0.672. The van der Waals surface area contributed by atoms with Gasteiger partial charge in [0.05, 0.1) is 6.61 Å². The normalized spacial score (nSPS) is 24.0. The fourth-order valence-electron chi connectivity index (χ4n) is 2.23. The molecule has 1 saturated heterocycles. The summed E-state index contributed by atoms with van der Waals surface area (Å²) in [4.78, 5) is 0. The van der Waals surface area contributed by atoms with Crippen molar-refractivity contribution in [3.8, 4) is 0 Å². The zero-order valence-electron chi connectivity index (χ0n) is 10.2. The lowest BCUT2D eigenvalue weighted by molar-refractivity contribution is 0.158. The summed E-state index contributed by atoms with van der Waals surface area (Å²) in [6.45, 7) is 6.59. The Kier molecular flexibility index (Phi) is 6.98. The first-order valence-electron chi connectivity index (χ1n) is 6.29. The Labute approximate surface area is 94.0 Å². The van der Waals surface area contributed by atoms with E-state index < -0.39 is 0 Å². The van der Waals surface area contributed by atoms with Gasteiger partial charge in [0, 0.05) is 13.2 Å². The highest BCUT2D eigenvalue weighted by molar-refractivity contribution is 4.74. The molecular formula is C12H26N2O. The zero-order chi connectivity index (χ0) is 10.9. The number of methoxy groups -OCH3 is 1. The predicted octanol–water partition coefficient (Wildman–Crippen LogP) is 1.39. The Bertz CT molecular complexity index is 141. The molecule has 0 bridgehead atoms. The molecule has 1 rings (SSSR count). The molecule has 0 aromatic carbocycles. The molecule has 1 aliphatic rings. The molecule has 0 radical (unpaired) electrons. The van der Waals surface area contributed by atoms with Gasteiger partial charge in [0.15, 0.2) is 0 Å². The third kappa shape index (κ3) is 5.50. The second-order valence-electron chi connectivity index (χ2n) is 4.56. The number of hydrogen-bond donors (Lipinski definition) is 2. The van der Waals surface area contributed by atoms with E-state index in [-0.39, 0.29) is 0 Å². The van der Waals surface area contributed by atoms with Crippen LogP contribution in [0, 0.1) is 5.92 Å². The lowest BCUT2D eigenvalue weighted by atomic mass is 9.99. The minimum Gasteiger partial charge on any atom is -0.383 e. The summed E-state index contributed by atoms with van der Waals surface area (Å²) < 4.78 is 5.22. The molecule has 0 spiro atoms. The van der Waals surface area contributed by atoms with Crippen molar-refractivity contribution >= 4 is 0 Å². The standard InChI is InChI=1S/C12H26N2O/c1-3-5-12(10-15-2)14-9-11-6-4-7-13-8-11/h11-14H,3-10H2,1-2H3. The van der Waals surface area contributed by atoms with Gasteiger partial charge in [-0.15, -0.1) is 0 Å². The summed E-state index contributed by atoms with van der Waals surface area (Å²) in [7, 11) is 1.78. The summed E-state index contributed by atoms with van der Waals surface area (Å²) in [5.74, 6) is 0.815. The van der Waals surface area contributed by atoms with Gasteiger partial charge in [0.2, 0.25) is 0 Å². The van der Waals surface area contributed by atoms with Gasteiger partial charge in [-0.2, -0.15) is 0 Å². The maximum atomic E-state index is 5.22. The Balaban J connectivity index is 2.13. The van der Waals surface area contributed by atoms with E-state index in [1.54, 1.807) is 7.11 Å². The van der Waals surface area contributed by atoms with Crippen molar-refractivity contribution in [1.82, 2.24) is 10.6 Å². The molecule has 0 aromatic rings. The van der Waals surface area contributed by atoms with Crippen molar-refractivity contribution in [3.63, 3.8) is 0 Å². The molecule has 0 aromatic heterocycles. The molecule has 2 unspecified atom stereocenters. The van der Waals surface area contributed by atoms with E-state index in [0.29, 0.717) is 6.04 Å². The van der Waals surface area contributed by atoms with E-state index in [1.807, 2.05) is 0 Å². The minimum atomic E-state index is 0.543. The number of nitrogens with one attached hydrogen (secondary N) is 2. The molecule has 15 heavy (non-hydrogen) atoms. The third-order valence-electron chi connectivity index (χ3n) is 3.10. The molecule has 2 atom stereocenters. The number of ether oxygens (including phenoxy) is 1. The number of piperidine rings is 1. The number of hydrogen-bond acceptors (Lipinski definition) is 3. The Hall–Kier alpha value is -0.120. The highest BCUT2D eigenvalue weighted by Gasteiger charge is 2.14. The van der Waals surface area contributed by atoms with Crippen LogP contribution in [0.4, 0.5) is 0 Å². The van der Waals surface area contributed by atoms with Gasteiger partial charge in [0.25, 0.3) is 0 Å². The summed E-state index contributed by atoms with van der Waals surface area (Å²) >= 11 is 0. The molecule has 2 N–H and O–H groups in total. The Morgan fingerprint density at radius 2 is 2.40 bits per heavy atom. The third-order valence-corrected chi connectivity index (χ3v) is 3.10. The van der Waals surface area contributed by atoms with Gasteiger partial charge in [-0.05, 0) is 44.8 Å². The number of rotatable bonds is 7. The molecule has 1 heterocycles. The van der Waals surface area contributed by atoms with Crippen molar-refractivity contribution in [2.75, 3.05) is 33.4 Å². The smallest absolute Gasteiger partial charge is 0.0615 e. The van der Waals surface area contributed by atoms with E-state index in [2.05, 4.69) is 17.6 Å². The molecule has 0 aliphatic carbocycles. The maximum absolute atomic E-state index is 5.22. The van der Waals surface area contributed by atoms with Crippen LogP contribution in [-0.4, -0.2) is 39.4 Å². The topological polar surface area (TPSA) is 33.3 Å². The first-order chi connectivity index (χ1) is 7.36. The van der Waals surface area contributed by atoms with E-state index in [1.165, 1.54) is 38.8 Å². The maximum Gasteiger partial charge on any atom is 0.0615 e. The Morgan fingerprint density at radius 1 is 1.53 bits per heavy atom. The highest BCUT2D eigenvalue weighted by atomic mass is 16.5. The van der Waals surface area contributed by atoms with Crippen LogP contribution in [0.15, 0.2) is 0 Å². The predicted molar refractivity (Wildman–Crippen MR) is 64.2 cm³/mol. The van der Waals surface area contributed by atoms with Gasteiger partial charge in [-0.25, -0.2) is 0 Å². The van der Waals surface area contributed by atoms with E-state index in [9.17, 15) is 0 Å². The van der Waals surface area contributed by atoms with Crippen LogP contribution < -0.4 is 10.6 Å². The van der Waals surface area contributed by atoms with Gasteiger partial charge < -0.3 is 15.4 Å². The van der Waals surface area contributed by atoms with Crippen LogP contribution in [0.25, 0.3) is 0 Å². The largest absolute Gasteiger partial charge is 0.383 e. The lowest BCUT2D eigenvalue weighted by Crippen LogP contribution is -2.41. The molecule has 0 amide bonds. The molecule has 1 fully saturated rings. The van der Waals surface area contributed by atoms with Crippen molar-refractivity contribution in [3.05, 3.63) is 0 Å². The van der Waals surface area contributed by atoms with Gasteiger partial charge in [-0.1, -0.05) is 13.3 Å².